The molecule has 120 valence electrons. The minimum Gasteiger partial charge on any atom is -0.393 e. The Morgan fingerprint density at radius 1 is 1.33 bits per heavy atom. The number of rotatable bonds is 5. The van der Waals surface area contributed by atoms with Crippen LogP contribution in [0.2, 0.25) is 0 Å². The molecule has 0 aromatic carbocycles. The molecule has 0 unspecified atom stereocenters. The minimum absolute atomic E-state index is 0.192. The lowest BCUT2D eigenvalue weighted by Crippen LogP contribution is -2.34. The second-order valence-corrected chi connectivity index (χ2v) is 7.99. The first kappa shape index (κ1) is 15.3. The summed E-state index contributed by atoms with van der Waals surface area (Å²) in [6.07, 6.45) is 5.71. The Kier molecular flexibility index (Phi) is 4.04. The van der Waals surface area contributed by atoms with Gasteiger partial charge in [-0.1, -0.05) is 25.9 Å². The lowest BCUT2D eigenvalue weighted by Gasteiger charge is -2.34. The van der Waals surface area contributed by atoms with Gasteiger partial charge in [0.05, 0.1) is 5.71 Å². The van der Waals surface area contributed by atoms with Crippen molar-refractivity contribution in [3.8, 4) is 0 Å². The third-order valence-corrected chi connectivity index (χ3v) is 6.62. The molecule has 1 aliphatic heterocycles. The summed E-state index contributed by atoms with van der Waals surface area (Å²) in [6, 6.07) is 0. The SMILES string of the molecule is CC1(C)[C@@H]2CC[C@@]1(C)/C(=N/OC[C@H](O)CN1CCCC1)C2. The number of likely N-dealkylation sites (tertiary alicyclic amines) is 1. The zero-order valence-corrected chi connectivity index (χ0v) is 13.8. The molecule has 1 saturated heterocycles. The fraction of sp³-hybridized carbons (Fsp3) is 0.941. The van der Waals surface area contributed by atoms with Gasteiger partial charge in [-0.2, -0.15) is 0 Å². The fourth-order valence-corrected chi connectivity index (χ4v) is 4.58. The molecule has 0 aromatic rings. The molecule has 2 bridgehead atoms. The number of aliphatic hydroxyl groups is 1. The average Bonchev–Trinajstić information content (AvgIpc) is 3.04. The quantitative estimate of drug-likeness (QED) is 0.793. The number of hydrogen-bond acceptors (Lipinski definition) is 4. The molecule has 3 rings (SSSR count). The highest BCUT2D eigenvalue weighted by atomic mass is 16.6. The second-order valence-electron chi connectivity index (χ2n) is 7.99. The van der Waals surface area contributed by atoms with Crippen molar-refractivity contribution >= 4 is 5.71 Å². The van der Waals surface area contributed by atoms with Crippen LogP contribution in [0.4, 0.5) is 0 Å². The van der Waals surface area contributed by atoms with Gasteiger partial charge in [0.25, 0.3) is 0 Å². The number of hydrogen-bond donors (Lipinski definition) is 1. The fourth-order valence-electron chi connectivity index (χ4n) is 4.58. The zero-order valence-electron chi connectivity index (χ0n) is 13.8. The molecule has 3 fully saturated rings. The van der Waals surface area contributed by atoms with Gasteiger partial charge >= 0.3 is 0 Å². The molecule has 0 spiro atoms. The predicted octanol–water partition coefficient (Wildman–Crippen LogP) is 2.66. The van der Waals surface area contributed by atoms with Crippen molar-refractivity contribution < 1.29 is 9.94 Å². The predicted molar refractivity (Wildman–Crippen MR) is 84.3 cm³/mol. The van der Waals surface area contributed by atoms with Crippen molar-refractivity contribution in [2.45, 2.75) is 59.0 Å². The van der Waals surface area contributed by atoms with E-state index in [2.05, 4.69) is 30.8 Å². The first-order valence-electron chi connectivity index (χ1n) is 8.53. The van der Waals surface area contributed by atoms with E-state index in [-0.39, 0.29) is 5.41 Å². The van der Waals surface area contributed by atoms with Crippen LogP contribution < -0.4 is 0 Å². The number of nitrogens with zero attached hydrogens (tertiary/aromatic N) is 2. The Bertz CT molecular complexity index is 415. The van der Waals surface area contributed by atoms with Gasteiger partial charge in [0.2, 0.25) is 0 Å². The highest BCUT2D eigenvalue weighted by Crippen LogP contribution is 2.63. The second kappa shape index (κ2) is 5.54. The highest BCUT2D eigenvalue weighted by molar-refractivity contribution is 5.93. The van der Waals surface area contributed by atoms with Crippen molar-refractivity contribution in [2.75, 3.05) is 26.2 Å². The van der Waals surface area contributed by atoms with Crippen molar-refractivity contribution in [3.63, 3.8) is 0 Å². The Balaban J connectivity index is 1.51. The molecule has 4 nitrogen and oxygen atoms in total. The maximum Gasteiger partial charge on any atom is 0.144 e. The van der Waals surface area contributed by atoms with Gasteiger partial charge in [-0.3, -0.25) is 0 Å². The molecule has 21 heavy (non-hydrogen) atoms. The summed E-state index contributed by atoms with van der Waals surface area (Å²) in [4.78, 5) is 7.82. The van der Waals surface area contributed by atoms with Gasteiger partial charge in [-0.25, -0.2) is 0 Å². The first-order chi connectivity index (χ1) is 9.93. The maximum atomic E-state index is 10.0. The highest BCUT2D eigenvalue weighted by Gasteiger charge is 2.60. The van der Waals surface area contributed by atoms with Crippen molar-refractivity contribution in [1.82, 2.24) is 4.90 Å². The molecule has 0 radical (unpaired) electrons. The molecule has 0 aromatic heterocycles. The largest absolute Gasteiger partial charge is 0.393 e. The molecule has 3 aliphatic rings. The monoisotopic (exact) mass is 294 g/mol. The lowest BCUT2D eigenvalue weighted by atomic mass is 9.70. The molecule has 4 heteroatoms. The van der Waals surface area contributed by atoms with E-state index < -0.39 is 6.10 Å². The summed E-state index contributed by atoms with van der Waals surface area (Å²) >= 11 is 0. The van der Waals surface area contributed by atoms with Crippen LogP contribution in [-0.4, -0.2) is 48.1 Å². The van der Waals surface area contributed by atoms with Gasteiger partial charge < -0.3 is 14.8 Å². The zero-order chi connectivity index (χ0) is 15.1. The van der Waals surface area contributed by atoms with Crippen molar-refractivity contribution in [2.24, 2.45) is 21.9 Å². The van der Waals surface area contributed by atoms with Crippen LogP contribution in [0.5, 0.6) is 0 Å². The van der Waals surface area contributed by atoms with Gasteiger partial charge in [-0.15, -0.1) is 0 Å². The summed E-state index contributed by atoms with van der Waals surface area (Å²) < 4.78 is 0. The Hall–Kier alpha value is -0.610. The molecule has 1 N–H and O–H groups in total. The van der Waals surface area contributed by atoms with E-state index in [4.69, 9.17) is 4.84 Å². The van der Waals surface area contributed by atoms with Crippen LogP contribution in [0.1, 0.15) is 52.9 Å². The van der Waals surface area contributed by atoms with E-state index >= 15 is 0 Å². The van der Waals surface area contributed by atoms with Crippen LogP contribution in [0.15, 0.2) is 5.16 Å². The van der Waals surface area contributed by atoms with E-state index in [1.165, 1.54) is 31.4 Å². The standard InChI is InChI=1S/C17H30N2O2/c1-16(2)13-6-7-17(16,3)15(10-13)18-21-12-14(20)11-19-8-4-5-9-19/h13-14,20H,4-12H2,1-3H3/b18-15+/t13-,14-,17+/m1/s1. The van der Waals surface area contributed by atoms with Gasteiger partial charge in [-0.05, 0) is 56.5 Å². The van der Waals surface area contributed by atoms with Crippen LogP contribution >= 0.6 is 0 Å². The third kappa shape index (κ3) is 2.61. The van der Waals surface area contributed by atoms with Gasteiger partial charge in [0.15, 0.2) is 0 Å². The van der Waals surface area contributed by atoms with Crippen molar-refractivity contribution in [3.05, 3.63) is 0 Å². The van der Waals surface area contributed by atoms with E-state index in [0.29, 0.717) is 12.0 Å². The number of oxime groups is 1. The summed E-state index contributed by atoms with van der Waals surface area (Å²) in [5.74, 6) is 0.749. The van der Waals surface area contributed by atoms with Crippen LogP contribution in [0.3, 0.4) is 0 Å². The Morgan fingerprint density at radius 2 is 2.05 bits per heavy atom. The molecule has 1 heterocycles. The number of aliphatic hydroxyl groups excluding tert-OH is 1. The smallest absolute Gasteiger partial charge is 0.144 e. The van der Waals surface area contributed by atoms with Gasteiger partial charge in [0, 0.05) is 12.0 Å². The third-order valence-electron chi connectivity index (χ3n) is 6.62. The summed E-state index contributed by atoms with van der Waals surface area (Å²) in [5.41, 5.74) is 1.75. The minimum atomic E-state index is -0.424. The van der Waals surface area contributed by atoms with E-state index in [0.717, 1.165) is 32.0 Å². The molecule has 2 aliphatic carbocycles. The molecular formula is C17H30N2O2. The van der Waals surface area contributed by atoms with Crippen LogP contribution in [-0.2, 0) is 4.84 Å². The van der Waals surface area contributed by atoms with E-state index in [9.17, 15) is 5.11 Å². The number of fused-ring (bicyclic) bond motifs is 2. The molecule has 2 saturated carbocycles. The van der Waals surface area contributed by atoms with Crippen molar-refractivity contribution in [1.29, 1.82) is 0 Å². The van der Waals surface area contributed by atoms with Crippen LogP contribution in [0, 0.1) is 16.7 Å². The Labute approximate surface area is 128 Å². The Morgan fingerprint density at radius 3 is 2.62 bits per heavy atom. The van der Waals surface area contributed by atoms with E-state index in [1.54, 1.807) is 0 Å². The molecular weight excluding hydrogens is 264 g/mol. The average molecular weight is 294 g/mol. The molecule has 0 amide bonds. The first-order valence-corrected chi connectivity index (χ1v) is 8.53. The summed E-state index contributed by atoms with van der Waals surface area (Å²) in [5, 5.41) is 14.5. The summed E-state index contributed by atoms with van der Waals surface area (Å²) in [7, 11) is 0. The topological polar surface area (TPSA) is 45.1 Å². The summed E-state index contributed by atoms with van der Waals surface area (Å²) in [6.45, 7) is 10.3. The number of β-amino-alcohol motifs (C(OH)–C–C–N with tert-alkyl or cyclic N) is 1. The lowest BCUT2D eigenvalue weighted by molar-refractivity contribution is 0.0214. The normalized spacial score (nSPS) is 38.3. The van der Waals surface area contributed by atoms with E-state index in [1.807, 2.05) is 0 Å². The molecule has 3 atom stereocenters. The van der Waals surface area contributed by atoms with Gasteiger partial charge in [0.1, 0.15) is 12.7 Å². The maximum absolute atomic E-state index is 10.0. The van der Waals surface area contributed by atoms with Crippen LogP contribution in [0.25, 0.3) is 0 Å².